The van der Waals surface area contributed by atoms with E-state index in [1.54, 1.807) is 18.2 Å². The summed E-state index contributed by atoms with van der Waals surface area (Å²) in [6.45, 7) is 1.83. The van der Waals surface area contributed by atoms with Crippen molar-refractivity contribution in [2.45, 2.75) is 13.0 Å². The van der Waals surface area contributed by atoms with E-state index in [0.717, 1.165) is 10.9 Å². The highest BCUT2D eigenvalue weighted by Gasteiger charge is 2.12. The van der Waals surface area contributed by atoms with Crippen molar-refractivity contribution in [1.29, 1.82) is 0 Å². The van der Waals surface area contributed by atoms with E-state index in [1.807, 2.05) is 19.1 Å². The summed E-state index contributed by atoms with van der Waals surface area (Å²) in [5.74, 6) is 0.897. The van der Waals surface area contributed by atoms with Gasteiger partial charge in [-0.3, -0.25) is 5.10 Å². The molecular weight excluding hydrogens is 243 g/mol. The van der Waals surface area contributed by atoms with E-state index < -0.39 is 0 Å². The topological polar surface area (TPSA) is 67.6 Å². The van der Waals surface area contributed by atoms with Gasteiger partial charge in [0.15, 0.2) is 5.82 Å². The van der Waals surface area contributed by atoms with Crippen LogP contribution in [0, 0.1) is 5.82 Å². The Balaban J connectivity index is 2.22. The van der Waals surface area contributed by atoms with Gasteiger partial charge in [-0.25, -0.2) is 9.37 Å². The molecule has 0 aliphatic rings. The molecule has 0 spiro atoms. The summed E-state index contributed by atoms with van der Waals surface area (Å²) in [6, 6.07) is 10.2. The zero-order chi connectivity index (χ0) is 13.4. The van der Waals surface area contributed by atoms with E-state index in [1.165, 1.54) is 6.07 Å². The summed E-state index contributed by atoms with van der Waals surface area (Å²) in [5.41, 5.74) is 6.54. The maximum atomic E-state index is 13.7. The van der Waals surface area contributed by atoms with Gasteiger partial charge in [0.2, 0.25) is 0 Å². The van der Waals surface area contributed by atoms with Crippen molar-refractivity contribution in [1.82, 2.24) is 15.2 Å². The Labute approximate surface area is 109 Å². The summed E-state index contributed by atoms with van der Waals surface area (Å²) in [7, 11) is 0. The molecule has 0 aliphatic heterocycles. The van der Waals surface area contributed by atoms with Gasteiger partial charge in [0.1, 0.15) is 11.6 Å². The molecule has 0 fully saturated rings. The van der Waals surface area contributed by atoms with E-state index in [9.17, 15) is 4.39 Å². The van der Waals surface area contributed by atoms with E-state index in [0.29, 0.717) is 17.0 Å². The molecule has 1 heterocycles. The van der Waals surface area contributed by atoms with Crippen LogP contribution < -0.4 is 5.73 Å². The number of rotatable bonds is 2. The molecule has 3 N–H and O–H groups in total. The molecule has 4 nitrogen and oxygen atoms in total. The number of hydrogen-bond acceptors (Lipinski definition) is 3. The number of halogens is 1. The lowest BCUT2D eigenvalue weighted by molar-refractivity contribution is 0.640. The highest BCUT2D eigenvalue weighted by atomic mass is 19.1. The van der Waals surface area contributed by atoms with Crippen LogP contribution in [0.15, 0.2) is 36.4 Å². The number of nitrogens with two attached hydrogens (primary N) is 1. The van der Waals surface area contributed by atoms with Crippen molar-refractivity contribution < 1.29 is 4.39 Å². The number of nitrogens with zero attached hydrogens (tertiary/aromatic N) is 2. The Kier molecular flexibility index (Phi) is 2.76. The van der Waals surface area contributed by atoms with Crippen molar-refractivity contribution in [3.05, 3.63) is 48.0 Å². The van der Waals surface area contributed by atoms with Gasteiger partial charge in [-0.1, -0.05) is 24.3 Å². The second-order valence-electron chi connectivity index (χ2n) is 4.47. The minimum absolute atomic E-state index is 0.215. The largest absolute Gasteiger partial charge is 0.322 e. The van der Waals surface area contributed by atoms with Gasteiger partial charge in [-0.05, 0) is 24.4 Å². The van der Waals surface area contributed by atoms with E-state index in [2.05, 4.69) is 15.2 Å². The quantitative estimate of drug-likeness (QED) is 0.740. The van der Waals surface area contributed by atoms with Crippen LogP contribution in [-0.4, -0.2) is 15.2 Å². The third-order valence-corrected chi connectivity index (χ3v) is 3.05. The van der Waals surface area contributed by atoms with E-state index in [4.69, 9.17) is 5.73 Å². The van der Waals surface area contributed by atoms with Crippen LogP contribution in [-0.2, 0) is 0 Å². The zero-order valence-electron chi connectivity index (χ0n) is 10.4. The van der Waals surface area contributed by atoms with E-state index in [-0.39, 0.29) is 11.9 Å². The third kappa shape index (κ3) is 1.98. The Bertz CT molecular complexity index is 733. The molecule has 3 aromatic rings. The number of H-pyrrole nitrogens is 1. The standard InChI is InChI=1S/C14H13FN4/c1-8(16)13-17-14(19-18-13)11-6-7-12(15)10-5-3-2-4-9(10)11/h2-8H,16H2,1H3,(H,17,18,19). The van der Waals surface area contributed by atoms with Crippen LogP contribution in [0.5, 0.6) is 0 Å². The molecule has 19 heavy (non-hydrogen) atoms. The second-order valence-corrected chi connectivity index (χ2v) is 4.47. The number of fused-ring (bicyclic) bond motifs is 1. The molecule has 5 heteroatoms. The summed E-state index contributed by atoms with van der Waals surface area (Å²) in [6.07, 6.45) is 0. The van der Waals surface area contributed by atoms with Crippen molar-refractivity contribution in [2.24, 2.45) is 5.73 Å². The van der Waals surface area contributed by atoms with Crippen LogP contribution in [0.2, 0.25) is 0 Å². The molecular formula is C14H13FN4. The van der Waals surface area contributed by atoms with Crippen LogP contribution in [0.3, 0.4) is 0 Å². The van der Waals surface area contributed by atoms with Crippen LogP contribution >= 0.6 is 0 Å². The minimum Gasteiger partial charge on any atom is -0.322 e. The summed E-state index contributed by atoms with van der Waals surface area (Å²) in [4.78, 5) is 4.35. The fourth-order valence-electron chi connectivity index (χ4n) is 2.06. The van der Waals surface area contributed by atoms with Crippen molar-refractivity contribution >= 4 is 10.8 Å². The number of aromatic nitrogens is 3. The molecule has 1 aromatic heterocycles. The second kappa shape index (κ2) is 4.44. The van der Waals surface area contributed by atoms with Gasteiger partial charge < -0.3 is 5.73 Å². The Morgan fingerprint density at radius 2 is 1.89 bits per heavy atom. The van der Waals surface area contributed by atoms with Gasteiger partial charge in [0.05, 0.1) is 6.04 Å². The van der Waals surface area contributed by atoms with E-state index >= 15 is 0 Å². The highest BCUT2D eigenvalue weighted by molar-refractivity contribution is 5.95. The Morgan fingerprint density at radius 3 is 2.58 bits per heavy atom. The molecule has 0 aliphatic carbocycles. The molecule has 0 bridgehead atoms. The van der Waals surface area contributed by atoms with Crippen LogP contribution in [0.4, 0.5) is 4.39 Å². The molecule has 2 aromatic carbocycles. The summed E-state index contributed by atoms with van der Waals surface area (Å²) >= 11 is 0. The zero-order valence-corrected chi connectivity index (χ0v) is 10.4. The predicted molar refractivity (Wildman–Crippen MR) is 71.9 cm³/mol. The van der Waals surface area contributed by atoms with Gasteiger partial charge in [-0.15, -0.1) is 0 Å². The lowest BCUT2D eigenvalue weighted by atomic mass is 10.0. The smallest absolute Gasteiger partial charge is 0.181 e. The molecule has 0 radical (unpaired) electrons. The number of benzene rings is 2. The third-order valence-electron chi connectivity index (χ3n) is 3.05. The number of nitrogens with one attached hydrogen (secondary N) is 1. The van der Waals surface area contributed by atoms with Crippen LogP contribution in [0.1, 0.15) is 18.8 Å². The van der Waals surface area contributed by atoms with Crippen molar-refractivity contribution in [2.75, 3.05) is 0 Å². The SMILES string of the molecule is CC(N)c1nc(-c2ccc(F)c3ccccc23)n[nH]1. The van der Waals surface area contributed by atoms with Crippen molar-refractivity contribution in [3.8, 4) is 11.4 Å². The summed E-state index contributed by atoms with van der Waals surface area (Å²) < 4.78 is 13.7. The maximum absolute atomic E-state index is 13.7. The molecule has 1 unspecified atom stereocenters. The van der Waals surface area contributed by atoms with Gasteiger partial charge in [-0.2, -0.15) is 5.10 Å². The minimum atomic E-state index is -0.248. The van der Waals surface area contributed by atoms with Gasteiger partial charge >= 0.3 is 0 Å². The Morgan fingerprint density at radius 1 is 1.16 bits per heavy atom. The normalized spacial score (nSPS) is 12.8. The monoisotopic (exact) mass is 256 g/mol. The van der Waals surface area contributed by atoms with Gasteiger partial charge in [0.25, 0.3) is 0 Å². The molecule has 0 amide bonds. The molecule has 1 atom stereocenters. The molecule has 0 saturated heterocycles. The highest BCUT2D eigenvalue weighted by Crippen LogP contribution is 2.28. The first-order valence-corrected chi connectivity index (χ1v) is 6.02. The molecule has 0 saturated carbocycles. The molecule has 96 valence electrons. The molecule has 3 rings (SSSR count). The number of hydrogen-bond donors (Lipinski definition) is 2. The Hall–Kier alpha value is -2.27. The van der Waals surface area contributed by atoms with Crippen LogP contribution in [0.25, 0.3) is 22.2 Å². The fraction of sp³-hybridized carbons (Fsp3) is 0.143. The predicted octanol–water partition coefficient (Wildman–Crippen LogP) is 2.78. The first-order chi connectivity index (χ1) is 9.16. The average Bonchev–Trinajstić information content (AvgIpc) is 2.89. The number of aromatic amines is 1. The lowest BCUT2D eigenvalue weighted by Gasteiger charge is -2.04. The lowest BCUT2D eigenvalue weighted by Crippen LogP contribution is -2.06. The first-order valence-electron chi connectivity index (χ1n) is 6.02. The first kappa shape index (κ1) is 11.8. The van der Waals surface area contributed by atoms with Gasteiger partial charge in [0, 0.05) is 10.9 Å². The summed E-state index contributed by atoms with van der Waals surface area (Å²) in [5, 5.41) is 8.30. The maximum Gasteiger partial charge on any atom is 0.181 e. The fourth-order valence-corrected chi connectivity index (χ4v) is 2.06. The average molecular weight is 256 g/mol. The van der Waals surface area contributed by atoms with Crippen molar-refractivity contribution in [3.63, 3.8) is 0 Å².